The standard InChI is InChI=1S/C30H46O5/c1-16-14-19-23(26(4,5)32)35-30(33-19)22(16)27(6)12-10-17-15-29-13-11-21(34-29)25(2,3)20(29)9-8-18(17)28(27,7)24(30)31/h16,19-24,31-32H,8-15H2,1-7H3/t16-,19-,20-,21+,22-,23+,24-,27-,28-,29+,30+/m1/s1. The van der Waals surface area contributed by atoms with E-state index in [0.29, 0.717) is 17.9 Å². The van der Waals surface area contributed by atoms with E-state index in [1.165, 1.54) is 18.4 Å². The molecule has 7 aliphatic rings. The Morgan fingerprint density at radius 3 is 2.43 bits per heavy atom. The molecule has 2 N–H and O–H groups in total. The molecule has 4 bridgehead atoms. The van der Waals surface area contributed by atoms with Gasteiger partial charge in [0, 0.05) is 11.3 Å². The number of fused-ring (bicyclic) bond motifs is 5. The maximum absolute atomic E-state index is 12.4. The number of hydrogen-bond donors (Lipinski definition) is 2. The summed E-state index contributed by atoms with van der Waals surface area (Å²) in [7, 11) is 0. The monoisotopic (exact) mass is 486 g/mol. The summed E-state index contributed by atoms with van der Waals surface area (Å²) in [5.41, 5.74) is 1.73. The molecule has 2 spiro atoms. The minimum absolute atomic E-state index is 0.00525. The van der Waals surface area contributed by atoms with Crippen LogP contribution in [0.2, 0.25) is 0 Å². The molecule has 0 aromatic heterocycles. The van der Waals surface area contributed by atoms with Crippen molar-refractivity contribution in [1.29, 1.82) is 0 Å². The molecule has 3 aliphatic carbocycles. The van der Waals surface area contributed by atoms with E-state index in [1.807, 2.05) is 13.8 Å². The van der Waals surface area contributed by atoms with Gasteiger partial charge in [-0.05, 0) is 87.9 Å². The lowest BCUT2D eigenvalue weighted by Gasteiger charge is -2.52. The van der Waals surface area contributed by atoms with Gasteiger partial charge in [-0.15, -0.1) is 0 Å². The van der Waals surface area contributed by atoms with E-state index in [1.54, 1.807) is 5.57 Å². The largest absolute Gasteiger partial charge is 0.388 e. The first-order valence-corrected chi connectivity index (χ1v) is 14.4. The van der Waals surface area contributed by atoms with Crippen LogP contribution in [0.3, 0.4) is 0 Å². The molecule has 0 aromatic carbocycles. The van der Waals surface area contributed by atoms with Crippen LogP contribution in [-0.2, 0) is 14.2 Å². The van der Waals surface area contributed by atoms with Crippen molar-refractivity contribution >= 4 is 0 Å². The zero-order valence-electron chi connectivity index (χ0n) is 22.8. The van der Waals surface area contributed by atoms with Crippen molar-refractivity contribution in [2.45, 2.75) is 141 Å². The Labute approximate surface area is 211 Å². The third kappa shape index (κ3) is 2.50. The fourth-order valence-electron chi connectivity index (χ4n) is 11.3. The van der Waals surface area contributed by atoms with Gasteiger partial charge in [-0.1, -0.05) is 45.8 Å². The van der Waals surface area contributed by atoms with Gasteiger partial charge in [0.15, 0.2) is 5.79 Å². The van der Waals surface area contributed by atoms with E-state index in [0.717, 1.165) is 38.5 Å². The topological polar surface area (TPSA) is 68.2 Å². The summed E-state index contributed by atoms with van der Waals surface area (Å²) in [6.07, 6.45) is 7.68. The van der Waals surface area contributed by atoms with Crippen LogP contribution < -0.4 is 0 Å². The summed E-state index contributed by atoms with van der Waals surface area (Å²) < 4.78 is 20.3. The van der Waals surface area contributed by atoms with Crippen molar-refractivity contribution in [2.24, 2.45) is 34.0 Å². The second-order valence-electron chi connectivity index (χ2n) is 15.2. The molecule has 0 radical (unpaired) electrons. The fraction of sp³-hybridized carbons (Fsp3) is 0.933. The van der Waals surface area contributed by atoms with E-state index >= 15 is 0 Å². The molecule has 1 saturated carbocycles. The predicted octanol–water partition coefficient (Wildman–Crippen LogP) is 5.13. The van der Waals surface area contributed by atoms with Gasteiger partial charge in [0.1, 0.15) is 12.2 Å². The van der Waals surface area contributed by atoms with Crippen LogP contribution in [0.15, 0.2) is 11.1 Å². The van der Waals surface area contributed by atoms with Gasteiger partial charge < -0.3 is 24.4 Å². The molecule has 0 unspecified atom stereocenters. The van der Waals surface area contributed by atoms with Gasteiger partial charge in [0.2, 0.25) is 0 Å². The Morgan fingerprint density at radius 2 is 1.71 bits per heavy atom. The Kier molecular flexibility index (Phi) is 4.44. The van der Waals surface area contributed by atoms with Gasteiger partial charge in [-0.25, -0.2) is 0 Å². The van der Waals surface area contributed by atoms with Crippen molar-refractivity contribution in [2.75, 3.05) is 0 Å². The highest BCUT2D eigenvalue weighted by atomic mass is 16.8. The number of hydrogen-bond acceptors (Lipinski definition) is 5. The summed E-state index contributed by atoms with van der Waals surface area (Å²) in [6, 6.07) is 0. The number of aliphatic hydroxyl groups is 2. The molecular formula is C30H46O5. The Morgan fingerprint density at radius 1 is 0.971 bits per heavy atom. The van der Waals surface area contributed by atoms with Gasteiger partial charge >= 0.3 is 0 Å². The molecule has 35 heavy (non-hydrogen) atoms. The summed E-state index contributed by atoms with van der Waals surface area (Å²) in [5.74, 6) is 0.0201. The average Bonchev–Trinajstić information content (AvgIpc) is 3.36. The molecule has 11 atom stereocenters. The minimum atomic E-state index is -1.03. The van der Waals surface area contributed by atoms with Crippen LogP contribution in [0.1, 0.15) is 99.8 Å². The Balaban J connectivity index is 1.34. The zero-order valence-corrected chi connectivity index (χ0v) is 22.8. The molecule has 7 rings (SSSR count). The maximum Gasteiger partial charge on any atom is 0.199 e. The first-order chi connectivity index (χ1) is 16.2. The van der Waals surface area contributed by atoms with E-state index in [4.69, 9.17) is 14.2 Å². The first kappa shape index (κ1) is 23.6. The minimum Gasteiger partial charge on any atom is -0.388 e. The van der Waals surface area contributed by atoms with E-state index in [9.17, 15) is 10.2 Å². The van der Waals surface area contributed by atoms with Gasteiger partial charge in [0.05, 0.1) is 23.4 Å². The summed E-state index contributed by atoms with van der Waals surface area (Å²) >= 11 is 0. The van der Waals surface area contributed by atoms with Crippen molar-refractivity contribution in [3.8, 4) is 0 Å². The fourth-order valence-corrected chi connectivity index (χ4v) is 11.3. The lowest BCUT2D eigenvalue weighted by atomic mass is 9.52. The Hall–Kier alpha value is -0.460. The lowest BCUT2D eigenvalue weighted by molar-refractivity contribution is -0.280. The van der Waals surface area contributed by atoms with Gasteiger partial charge in [-0.3, -0.25) is 0 Å². The lowest BCUT2D eigenvalue weighted by Crippen LogP contribution is -2.52. The maximum atomic E-state index is 12.4. The third-order valence-corrected chi connectivity index (χ3v) is 12.9. The first-order valence-electron chi connectivity index (χ1n) is 14.4. The third-order valence-electron chi connectivity index (χ3n) is 12.9. The molecule has 4 saturated heterocycles. The van der Waals surface area contributed by atoms with Crippen LogP contribution in [0.25, 0.3) is 0 Å². The molecule has 0 amide bonds. The molecule has 196 valence electrons. The molecule has 4 heterocycles. The highest BCUT2D eigenvalue weighted by Crippen LogP contribution is 2.76. The second-order valence-corrected chi connectivity index (χ2v) is 15.2. The quantitative estimate of drug-likeness (QED) is 0.503. The van der Waals surface area contributed by atoms with Crippen LogP contribution in [0.5, 0.6) is 0 Å². The SMILES string of the molecule is C[C@@H]1C[C@H]2O[C@]3(O[C@@H]2C(C)(C)O)[C@H]1[C@@]1(C)CCC2=C(CC[C@@H]4C(C)(C)[C@@H]5CC[C@@]4(C2)O5)[C@]1(C)[C@H]3O. The van der Waals surface area contributed by atoms with E-state index in [2.05, 4.69) is 34.6 Å². The molecule has 4 aliphatic heterocycles. The van der Waals surface area contributed by atoms with Crippen molar-refractivity contribution < 1.29 is 24.4 Å². The van der Waals surface area contributed by atoms with Crippen LogP contribution in [0, 0.1) is 34.0 Å². The van der Waals surface area contributed by atoms with Gasteiger partial charge in [0.25, 0.3) is 0 Å². The molecule has 5 nitrogen and oxygen atoms in total. The van der Waals surface area contributed by atoms with E-state index < -0.39 is 29.0 Å². The van der Waals surface area contributed by atoms with Crippen LogP contribution in [-0.4, -0.2) is 51.6 Å². The van der Waals surface area contributed by atoms with Crippen LogP contribution in [0.4, 0.5) is 0 Å². The van der Waals surface area contributed by atoms with Crippen molar-refractivity contribution in [1.82, 2.24) is 0 Å². The highest BCUT2D eigenvalue weighted by molar-refractivity contribution is 5.40. The Bertz CT molecular complexity index is 995. The normalized spacial score (nSPS) is 58.0. The smallest absolute Gasteiger partial charge is 0.199 e. The molecule has 5 heteroatoms. The average molecular weight is 487 g/mol. The van der Waals surface area contributed by atoms with Gasteiger partial charge in [-0.2, -0.15) is 0 Å². The number of rotatable bonds is 1. The van der Waals surface area contributed by atoms with Crippen molar-refractivity contribution in [3.05, 3.63) is 11.1 Å². The summed E-state index contributed by atoms with van der Waals surface area (Å²) in [5, 5.41) is 23.3. The summed E-state index contributed by atoms with van der Waals surface area (Å²) in [4.78, 5) is 0. The van der Waals surface area contributed by atoms with Crippen LogP contribution >= 0.6 is 0 Å². The summed E-state index contributed by atoms with van der Waals surface area (Å²) in [6.45, 7) is 15.5. The zero-order chi connectivity index (χ0) is 25.0. The van der Waals surface area contributed by atoms with E-state index in [-0.39, 0.29) is 28.5 Å². The second kappa shape index (κ2) is 6.57. The number of aliphatic hydroxyl groups excluding tert-OH is 1. The molecular weight excluding hydrogens is 440 g/mol. The predicted molar refractivity (Wildman–Crippen MR) is 132 cm³/mol. The highest BCUT2D eigenvalue weighted by Gasteiger charge is 2.80. The number of ether oxygens (including phenoxy) is 3. The molecule has 0 aromatic rings. The van der Waals surface area contributed by atoms with Crippen molar-refractivity contribution in [3.63, 3.8) is 0 Å². The molecule has 5 fully saturated rings.